The summed E-state index contributed by atoms with van der Waals surface area (Å²) >= 11 is 2.05. The summed E-state index contributed by atoms with van der Waals surface area (Å²) in [5.74, 6) is 2.17. The molecule has 2 rings (SSSR count). The monoisotopic (exact) mass is 283 g/mol. The Labute approximate surface area is 120 Å². The zero-order valence-electron chi connectivity index (χ0n) is 12.4. The number of aromatic nitrogens is 1. The highest BCUT2D eigenvalue weighted by atomic mass is 32.2. The second-order valence-corrected chi connectivity index (χ2v) is 7.94. The fourth-order valence-corrected chi connectivity index (χ4v) is 3.47. The molecule has 1 aromatic heterocycles. The Morgan fingerprint density at radius 1 is 1.53 bits per heavy atom. The summed E-state index contributed by atoms with van der Waals surface area (Å²) in [4.78, 5) is 2.46. The summed E-state index contributed by atoms with van der Waals surface area (Å²) in [5, 5.41) is 7.47. The maximum Gasteiger partial charge on any atom is 0.151 e. The van der Waals surface area contributed by atoms with Crippen LogP contribution in [0.3, 0.4) is 0 Å². The molecule has 1 N–H and O–H groups in total. The van der Waals surface area contributed by atoms with Crippen molar-refractivity contribution in [3.8, 4) is 0 Å². The second kappa shape index (κ2) is 6.29. The predicted molar refractivity (Wildman–Crippen MR) is 80.3 cm³/mol. The van der Waals surface area contributed by atoms with E-state index in [4.69, 9.17) is 4.52 Å². The van der Waals surface area contributed by atoms with Crippen LogP contribution in [0.1, 0.15) is 39.1 Å². The van der Waals surface area contributed by atoms with Crippen molar-refractivity contribution in [2.75, 3.05) is 18.8 Å². The van der Waals surface area contributed by atoms with Crippen molar-refractivity contribution in [1.82, 2.24) is 15.4 Å². The van der Waals surface area contributed by atoms with Gasteiger partial charge < -0.3 is 9.84 Å². The Hall–Kier alpha value is -0.520. The van der Waals surface area contributed by atoms with Gasteiger partial charge in [0.15, 0.2) is 5.76 Å². The highest BCUT2D eigenvalue weighted by Gasteiger charge is 2.27. The lowest BCUT2D eigenvalue weighted by atomic mass is 10.2. The zero-order chi connectivity index (χ0) is 13.9. The van der Waals surface area contributed by atoms with Gasteiger partial charge in [0, 0.05) is 42.2 Å². The number of hydrogen-bond donors (Lipinski definition) is 1. The smallest absolute Gasteiger partial charge is 0.151 e. The van der Waals surface area contributed by atoms with E-state index in [1.165, 1.54) is 5.75 Å². The average molecular weight is 283 g/mol. The number of nitrogens with one attached hydrogen (secondary N) is 1. The van der Waals surface area contributed by atoms with Gasteiger partial charge in [0.2, 0.25) is 0 Å². The first kappa shape index (κ1) is 14.9. The van der Waals surface area contributed by atoms with Crippen LogP contribution in [0.15, 0.2) is 10.6 Å². The van der Waals surface area contributed by atoms with Crippen molar-refractivity contribution in [1.29, 1.82) is 0 Å². The minimum Gasteiger partial charge on any atom is -0.360 e. The standard InChI is InChI=1S/C14H25N3OS/c1-11(2)15-8-12-7-13(18-16-12)9-17-5-6-19-14(3,4)10-17/h7,11,15H,5-6,8-10H2,1-4H3. The van der Waals surface area contributed by atoms with Gasteiger partial charge >= 0.3 is 0 Å². The van der Waals surface area contributed by atoms with E-state index in [0.717, 1.165) is 37.6 Å². The Morgan fingerprint density at radius 2 is 2.32 bits per heavy atom. The van der Waals surface area contributed by atoms with Crippen molar-refractivity contribution < 1.29 is 4.52 Å². The fraction of sp³-hybridized carbons (Fsp3) is 0.786. The number of nitrogens with zero attached hydrogens (tertiary/aromatic N) is 2. The molecular weight excluding hydrogens is 258 g/mol. The highest BCUT2D eigenvalue weighted by molar-refractivity contribution is 8.00. The minimum atomic E-state index is 0.348. The Morgan fingerprint density at radius 3 is 3.00 bits per heavy atom. The quantitative estimate of drug-likeness (QED) is 0.899. The van der Waals surface area contributed by atoms with Crippen LogP contribution < -0.4 is 5.32 Å². The van der Waals surface area contributed by atoms with E-state index in [0.29, 0.717) is 10.8 Å². The first-order chi connectivity index (χ1) is 8.94. The lowest BCUT2D eigenvalue weighted by Gasteiger charge is -2.36. The van der Waals surface area contributed by atoms with Crippen molar-refractivity contribution in [2.24, 2.45) is 0 Å². The lowest BCUT2D eigenvalue weighted by molar-refractivity contribution is 0.221. The molecule has 5 heteroatoms. The van der Waals surface area contributed by atoms with E-state index in [1.54, 1.807) is 0 Å². The molecule has 0 aromatic carbocycles. The first-order valence-electron chi connectivity index (χ1n) is 6.99. The molecule has 1 aromatic rings. The summed E-state index contributed by atoms with van der Waals surface area (Å²) in [6, 6.07) is 2.55. The SMILES string of the molecule is CC(C)NCc1cc(CN2CCSC(C)(C)C2)on1. The normalized spacial score (nSPS) is 20.1. The molecule has 0 unspecified atom stereocenters. The maximum absolute atomic E-state index is 5.43. The van der Waals surface area contributed by atoms with E-state index in [1.807, 2.05) is 0 Å². The van der Waals surface area contributed by atoms with E-state index < -0.39 is 0 Å². The molecule has 1 aliphatic heterocycles. The molecule has 19 heavy (non-hydrogen) atoms. The van der Waals surface area contributed by atoms with Gasteiger partial charge in [-0.05, 0) is 13.8 Å². The van der Waals surface area contributed by atoms with E-state index in [-0.39, 0.29) is 0 Å². The highest BCUT2D eigenvalue weighted by Crippen LogP contribution is 2.30. The molecule has 1 aliphatic rings. The Balaban J connectivity index is 1.85. The van der Waals surface area contributed by atoms with Crippen LogP contribution in [-0.4, -0.2) is 39.7 Å². The third kappa shape index (κ3) is 4.82. The largest absolute Gasteiger partial charge is 0.360 e. The molecule has 0 bridgehead atoms. The van der Waals surface area contributed by atoms with Crippen LogP contribution >= 0.6 is 11.8 Å². The molecule has 0 radical (unpaired) electrons. The second-order valence-electron chi connectivity index (χ2n) is 6.14. The van der Waals surface area contributed by atoms with Gasteiger partial charge in [-0.3, -0.25) is 4.90 Å². The summed E-state index contributed by atoms with van der Waals surface area (Å²) in [5.41, 5.74) is 0.995. The third-order valence-electron chi connectivity index (χ3n) is 3.18. The summed E-state index contributed by atoms with van der Waals surface area (Å²) in [6.07, 6.45) is 0. The van der Waals surface area contributed by atoms with Gasteiger partial charge in [0.05, 0.1) is 12.2 Å². The molecule has 4 nitrogen and oxygen atoms in total. The van der Waals surface area contributed by atoms with Crippen LogP contribution in [-0.2, 0) is 13.1 Å². The molecule has 0 aliphatic carbocycles. The van der Waals surface area contributed by atoms with Crippen molar-refractivity contribution in [3.05, 3.63) is 17.5 Å². The molecule has 0 atom stereocenters. The number of rotatable bonds is 5. The van der Waals surface area contributed by atoms with Gasteiger partial charge in [-0.1, -0.05) is 19.0 Å². The van der Waals surface area contributed by atoms with E-state index >= 15 is 0 Å². The van der Waals surface area contributed by atoms with Crippen molar-refractivity contribution >= 4 is 11.8 Å². The molecule has 108 valence electrons. The first-order valence-corrected chi connectivity index (χ1v) is 7.97. The van der Waals surface area contributed by atoms with Gasteiger partial charge in [-0.15, -0.1) is 0 Å². The third-order valence-corrected chi connectivity index (χ3v) is 4.48. The average Bonchev–Trinajstić information content (AvgIpc) is 2.73. The summed E-state index contributed by atoms with van der Waals surface area (Å²) < 4.78 is 5.78. The molecule has 1 fully saturated rings. The molecule has 0 amide bonds. The molecule has 0 spiro atoms. The summed E-state index contributed by atoms with van der Waals surface area (Å²) in [6.45, 7) is 12.8. The predicted octanol–water partition coefficient (Wildman–Crippen LogP) is 2.50. The van der Waals surface area contributed by atoms with Crippen LogP contribution in [0, 0.1) is 0 Å². The van der Waals surface area contributed by atoms with Crippen LogP contribution in [0.5, 0.6) is 0 Å². The summed E-state index contributed by atoms with van der Waals surface area (Å²) in [7, 11) is 0. The van der Waals surface area contributed by atoms with Gasteiger partial charge in [-0.25, -0.2) is 0 Å². The lowest BCUT2D eigenvalue weighted by Crippen LogP contribution is -2.42. The van der Waals surface area contributed by atoms with Crippen LogP contribution in [0.25, 0.3) is 0 Å². The number of hydrogen-bond acceptors (Lipinski definition) is 5. The topological polar surface area (TPSA) is 41.3 Å². The Bertz CT molecular complexity index is 403. The molecule has 2 heterocycles. The fourth-order valence-electron chi connectivity index (χ4n) is 2.29. The Kier molecular flexibility index (Phi) is 4.92. The number of thioether (sulfide) groups is 1. The minimum absolute atomic E-state index is 0.348. The van der Waals surface area contributed by atoms with E-state index in [2.05, 4.69) is 60.9 Å². The molecule has 1 saturated heterocycles. The maximum atomic E-state index is 5.43. The van der Waals surface area contributed by atoms with Crippen molar-refractivity contribution in [3.63, 3.8) is 0 Å². The zero-order valence-corrected chi connectivity index (χ0v) is 13.2. The van der Waals surface area contributed by atoms with E-state index in [9.17, 15) is 0 Å². The molecule has 0 saturated carbocycles. The van der Waals surface area contributed by atoms with Crippen molar-refractivity contribution in [2.45, 2.75) is 51.6 Å². The van der Waals surface area contributed by atoms with Gasteiger partial charge in [0.1, 0.15) is 0 Å². The molecular formula is C14H25N3OS. The van der Waals surface area contributed by atoms with Crippen LogP contribution in [0.4, 0.5) is 0 Å². The van der Waals surface area contributed by atoms with Gasteiger partial charge in [0.25, 0.3) is 0 Å². The van der Waals surface area contributed by atoms with Crippen LogP contribution in [0.2, 0.25) is 0 Å². The van der Waals surface area contributed by atoms with Gasteiger partial charge in [-0.2, -0.15) is 11.8 Å².